The minimum Gasteiger partial charge on any atom is -0.277 e. The third-order valence-corrected chi connectivity index (χ3v) is 4.72. The van der Waals surface area contributed by atoms with Crippen LogP contribution >= 0.6 is 11.3 Å². The van der Waals surface area contributed by atoms with E-state index in [9.17, 15) is 9.59 Å². The molecule has 0 atom stereocenters. The molecule has 0 radical (unpaired) electrons. The molecule has 0 aromatic carbocycles. The third kappa shape index (κ3) is 1.99. The van der Waals surface area contributed by atoms with Gasteiger partial charge in [0.2, 0.25) is 11.8 Å². The highest BCUT2D eigenvalue weighted by Gasteiger charge is 2.29. The summed E-state index contributed by atoms with van der Waals surface area (Å²) in [6.07, 6.45) is 4.23. The Labute approximate surface area is 124 Å². The summed E-state index contributed by atoms with van der Waals surface area (Å²) < 4.78 is 1.09. The number of imide groups is 1. The Morgan fingerprint density at radius 2 is 1.90 bits per heavy atom. The van der Waals surface area contributed by atoms with Crippen LogP contribution in [-0.4, -0.2) is 26.7 Å². The summed E-state index contributed by atoms with van der Waals surface area (Å²) in [5.41, 5.74) is 0.741. The van der Waals surface area contributed by atoms with E-state index in [0.717, 1.165) is 26.0 Å². The van der Waals surface area contributed by atoms with Gasteiger partial charge in [-0.2, -0.15) is 0 Å². The predicted octanol–water partition coefficient (Wildman–Crippen LogP) is 2.49. The third-order valence-electron chi connectivity index (χ3n) is 3.67. The van der Waals surface area contributed by atoms with Crippen LogP contribution in [0.1, 0.15) is 18.5 Å². The zero-order valence-electron chi connectivity index (χ0n) is 11.1. The number of amides is 2. The summed E-state index contributed by atoms with van der Waals surface area (Å²) in [5.74, 6) is -0.218. The van der Waals surface area contributed by atoms with Crippen molar-refractivity contribution in [3.8, 4) is 0 Å². The molecule has 1 fully saturated rings. The minimum atomic E-state index is -0.109. The van der Waals surface area contributed by atoms with Gasteiger partial charge in [-0.15, -0.1) is 11.3 Å². The van der Waals surface area contributed by atoms with Crippen LogP contribution in [0.3, 0.4) is 0 Å². The number of hydrogen-bond donors (Lipinski definition) is 0. The van der Waals surface area contributed by atoms with E-state index in [1.54, 1.807) is 17.5 Å². The van der Waals surface area contributed by atoms with E-state index in [2.05, 4.69) is 9.97 Å². The number of likely N-dealkylation sites (tertiary alicyclic amines) is 1. The van der Waals surface area contributed by atoms with Gasteiger partial charge in [0.25, 0.3) is 0 Å². The summed E-state index contributed by atoms with van der Waals surface area (Å²) in [4.78, 5) is 34.2. The number of nitrogens with zero attached hydrogens (tertiary/aromatic N) is 3. The first-order valence-electron chi connectivity index (χ1n) is 6.68. The van der Waals surface area contributed by atoms with Crippen molar-refractivity contribution >= 4 is 43.5 Å². The standard InChI is InChI=1S/C15H11N3O2S/c19-13-3-4-14(20)18(13)8-9-1-2-11-10-5-6-16-7-12(10)21-15(11)17-9/h1-2,5-7H,3-4,8H2. The number of fused-ring (bicyclic) bond motifs is 3. The summed E-state index contributed by atoms with van der Waals surface area (Å²) in [7, 11) is 0. The Hall–Kier alpha value is -2.34. The highest BCUT2D eigenvalue weighted by molar-refractivity contribution is 7.25. The molecule has 3 aromatic heterocycles. The number of pyridine rings is 2. The molecule has 21 heavy (non-hydrogen) atoms. The molecule has 0 bridgehead atoms. The van der Waals surface area contributed by atoms with Crippen LogP contribution in [0.15, 0.2) is 30.6 Å². The lowest BCUT2D eigenvalue weighted by Gasteiger charge is -2.12. The van der Waals surface area contributed by atoms with Gasteiger partial charge < -0.3 is 0 Å². The zero-order chi connectivity index (χ0) is 14.4. The Balaban J connectivity index is 1.75. The van der Waals surface area contributed by atoms with Crippen molar-refractivity contribution in [1.82, 2.24) is 14.9 Å². The monoisotopic (exact) mass is 297 g/mol. The topological polar surface area (TPSA) is 63.2 Å². The first-order valence-corrected chi connectivity index (χ1v) is 7.49. The van der Waals surface area contributed by atoms with Gasteiger partial charge in [-0.25, -0.2) is 4.98 Å². The van der Waals surface area contributed by atoms with E-state index in [4.69, 9.17) is 0 Å². The molecule has 1 saturated heterocycles. The quantitative estimate of drug-likeness (QED) is 0.682. The van der Waals surface area contributed by atoms with Crippen LogP contribution in [-0.2, 0) is 16.1 Å². The number of carbonyl (C=O) groups excluding carboxylic acids is 2. The van der Waals surface area contributed by atoms with Gasteiger partial charge in [0.1, 0.15) is 4.83 Å². The normalized spacial score (nSPS) is 15.5. The molecule has 104 valence electrons. The molecule has 4 heterocycles. The van der Waals surface area contributed by atoms with Crippen LogP contribution < -0.4 is 0 Å². The molecule has 1 aliphatic rings. The number of carbonyl (C=O) groups is 2. The van der Waals surface area contributed by atoms with Crippen molar-refractivity contribution in [3.63, 3.8) is 0 Å². The lowest BCUT2D eigenvalue weighted by Crippen LogP contribution is -2.28. The lowest BCUT2D eigenvalue weighted by atomic mass is 10.2. The molecule has 5 nitrogen and oxygen atoms in total. The van der Waals surface area contributed by atoms with Crippen LogP contribution in [0, 0.1) is 0 Å². The van der Waals surface area contributed by atoms with Crippen molar-refractivity contribution < 1.29 is 9.59 Å². The second-order valence-electron chi connectivity index (χ2n) is 5.00. The number of aromatic nitrogens is 2. The largest absolute Gasteiger partial charge is 0.277 e. The van der Waals surface area contributed by atoms with Gasteiger partial charge in [-0.05, 0) is 18.2 Å². The Bertz CT molecular complexity index is 871. The van der Waals surface area contributed by atoms with Crippen LogP contribution in [0.5, 0.6) is 0 Å². The maximum atomic E-state index is 11.7. The molecule has 6 heteroatoms. The molecule has 0 unspecified atom stereocenters. The summed E-state index contributed by atoms with van der Waals surface area (Å²) in [6.45, 7) is 0.264. The van der Waals surface area contributed by atoms with Crippen molar-refractivity contribution in [3.05, 3.63) is 36.3 Å². The summed E-state index contributed by atoms with van der Waals surface area (Å²) >= 11 is 1.57. The van der Waals surface area contributed by atoms with Crippen molar-refractivity contribution in [2.75, 3.05) is 0 Å². The van der Waals surface area contributed by atoms with Crippen molar-refractivity contribution in [2.45, 2.75) is 19.4 Å². The maximum absolute atomic E-state index is 11.7. The predicted molar refractivity (Wildman–Crippen MR) is 79.7 cm³/mol. The highest BCUT2D eigenvalue weighted by Crippen LogP contribution is 2.32. The molecule has 0 spiro atoms. The van der Waals surface area contributed by atoms with Gasteiger partial charge in [0.05, 0.1) is 16.9 Å². The van der Waals surface area contributed by atoms with E-state index in [1.807, 2.05) is 24.4 Å². The average molecular weight is 297 g/mol. The van der Waals surface area contributed by atoms with E-state index in [0.29, 0.717) is 12.8 Å². The molecule has 0 N–H and O–H groups in total. The van der Waals surface area contributed by atoms with E-state index in [1.165, 1.54) is 4.90 Å². The van der Waals surface area contributed by atoms with Crippen LogP contribution in [0.4, 0.5) is 0 Å². The molecule has 3 aromatic rings. The first kappa shape index (κ1) is 12.4. The molecule has 1 aliphatic heterocycles. The maximum Gasteiger partial charge on any atom is 0.230 e. The van der Waals surface area contributed by atoms with Crippen LogP contribution in [0.25, 0.3) is 20.3 Å². The number of rotatable bonds is 2. The second-order valence-corrected chi connectivity index (χ2v) is 6.03. The molecule has 4 rings (SSSR count). The Morgan fingerprint density at radius 1 is 1.10 bits per heavy atom. The number of hydrogen-bond acceptors (Lipinski definition) is 5. The van der Waals surface area contributed by atoms with Gasteiger partial charge in [-0.1, -0.05) is 0 Å². The van der Waals surface area contributed by atoms with Gasteiger partial charge in [-0.3, -0.25) is 19.5 Å². The molecule has 0 saturated carbocycles. The fourth-order valence-corrected chi connectivity index (χ4v) is 3.66. The Kier molecular flexibility index (Phi) is 2.71. The molecular weight excluding hydrogens is 286 g/mol. The SMILES string of the molecule is O=C1CCC(=O)N1Cc1ccc2c(n1)sc1cnccc12. The summed E-state index contributed by atoms with van der Waals surface area (Å²) in [6, 6.07) is 5.86. The molecule has 2 amide bonds. The minimum absolute atomic E-state index is 0.109. The first-order chi connectivity index (χ1) is 10.2. The highest BCUT2D eigenvalue weighted by atomic mass is 32.1. The fourth-order valence-electron chi connectivity index (χ4n) is 2.60. The van der Waals surface area contributed by atoms with Gasteiger partial charge in [0, 0.05) is 36.0 Å². The van der Waals surface area contributed by atoms with Gasteiger partial charge in [0.15, 0.2) is 0 Å². The summed E-state index contributed by atoms with van der Waals surface area (Å²) in [5, 5.41) is 2.22. The number of thiophene rings is 1. The average Bonchev–Trinajstić information content (AvgIpc) is 3.01. The zero-order valence-corrected chi connectivity index (χ0v) is 11.9. The lowest BCUT2D eigenvalue weighted by molar-refractivity contribution is -0.139. The second kappa shape index (κ2) is 4.60. The molecule has 0 aliphatic carbocycles. The fraction of sp³-hybridized carbons (Fsp3) is 0.200. The smallest absolute Gasteiger partial charge is 0.230 e. The van der Waals surface area contributed by atoms with E-state index < -0.39 is 0 Å². The van der Waals surface area contributed by atoms with E-state index >= 15 is 0 Å². The molecular formula is C15H11N3O2S. The van der Waals surface area contributed by atoms with E-state index in [-0.39, 0.29) is 18.4 Å². The van der Waals surface area contributed by atoms with Gasteiger partial charge >= 0.3 is 0 Å². The van der Waals surface area contributed by atoms with Crippen molar-refractivity contribution in [2.24, 2.45) is 0 Å². The Morgan fingerprint density at radius 3 is 2.71 bits per heavy atom. The van der Waals surface area contributed by atoms with Crippen LogP contribution in [0.2, 0.25) is 0 Å². The van der Waals surface area contributed by atoms with Crippen molar-refractivity contribution in [1.29, 1.82) is 0 Å².